The van der Waals surface area contributed by atoms with E-state index in [4.69, 9.17) is 5.11 Å². The van der Waals surface area contributed by atoms with Crippen molar-refractivity contribution in [2.75, 3.05) is 0 Å². The van der Waals surface area contributed by atoms with Gasteiger partial charge in [-0.25, -0.2) is 0 Å². The van der Waals surface area contributed by atoms with Crippen LogP contribution < -0.4 is 5.32 Å². The molecule has 2 N–H and O–H groups in total. The number of carbonyl (C=O) groups is 2. The number of hydrogen-bond acceptors (Lipinski definition) is 5. The highest BCUT2D eigenvalue weighted by Gasteiger charge is 2.35. The summed E-state index contributed by atoms with van der Waals surface area (Å²) in [4.78, 5) is 25.8. The van der Waals surface area contributed by atoms with Crippen molar-refractivity contribution < 1.29 is 19.2 Å². The Morgan fingerprint density at radius 2 is 2.27 bits per heavy atom. The topological polar surface area (TPSA) is 105 Å². The second kappa shape index (κ2) is 4.07. The van der Waals surface area contributed by atoms with E-state index in [0.717, 1.165) is 6.39 Å². The SMILES string of the molecule is CC(C)(C(=O)O)C(=O)NCc1ncon1. The third kappa shape index (κ3) is 2.52. The highest BCUT2D eigenvalue weighted by molar-refractivity contribution is 6.00. The van der Waals surface area contributed by atoms with Gasteiger partial charge in [0.2, 0.25) is 12.3 Å². The molecule has 0 aliphatic heterocycles. The number of rotatable bonds is 4. The van der Waals surface area contributed by atoms with Crippen LogP contribution in [0.1, 0.15) is 19.7 Å². The van der Waals surface area contributed by atoms with E-state index in [1.165, 1.54) is 13.8 Å². The molecule has 0 bridgehead atoms. The second-order valence-electron chi connectivity index (χ2n) is 3.46. The zero-order valence-electron chi connectivity index (χ0n) is 8.35. The van der Waals surface area contributed by atoms with Crippen LogP contribution in [0.3, 0.4) is 0 Å². The smallest absolute Gasteiger partial charge is 0.318 e. The van der Waals surface area contributed by atoms with Gasteiger partial charge in [-0.3, -0.25) is 9.59 Å². The Morgan fingerprint density at radius 1 is 1.60 bits per heavy atom. The van der Waals surface area contributed by atoms with E-state index in [1.807, 2.05) is 0 Å². The summed E-state index contributed by atoms with van der Waals surface area (Å²) in [6.45, 7) is 2.69. The molecule has 1 aromatic heterocycles. The van der Waals surface area contributed by atoms with E-state index < -0.39 is 17.3 Å². The summed E-state index contributed by atoms with van der Waals surface area (Å²) in [5.41, 5.74) is -1.47. The Morgan fingerprint density at radius 3 is 2.73 bits per heavy atom. The molecule has 0 radical (unpaired) electrons. The first-order valence-corrected chi connectivity index (χ1v) is 4.21. The largest absolute Gasteiger partial charge is 0.480 e. The van der Waals surface area contributed by atoms with Crippen LogP contribution in [0.15, 0.2) is 10.9 Å². The molecule has 1 aromatic rings. The maximum atomic E-state index is 11.4. The van der Waals surface area contributed by atoms with Crippen molar-refractivity contribution in [3.63, 3.8) is 0 Å². The van der Waals surface area contributed by atoms with Crippen LogP contribution in [-0.2, 0) is 16.1 Å². The fourth-order valence-electron chi connectivity index (χ4n) is 0.748. The Kier molecular flexibility index (Phi) is 3.03. The number of aromatic nitrogens is 2. The average molecular weight is 213 g/mol. The molecule has 1 heterocycles. The van der Waals surface area contributed by atoms with Gasteiger partial charge in [-0.05, 0) is 13.8 Å². The fourth-order valence-corrected chi connectivity index (χ4v) is 0.748. The molecule has 7 nitrogen and oxygen atoms in total. The molecule has 15 heavy (non-hydrogen) atoms. The second-order valence-corrected chi connectivity index (χ2v) is 3.46. The molecule has 0 saturated heterocycles. The van der Waals surface area contributed by atoms with Crippen molar-refractivity contribution >= 4 is 11.9 Å². The van der Waals surface area contributed by atoms with E-state index in [1.54, 1.807) is 0 Å². The van der Waals surface area contributed by atoms with Crippen molar-refractivity contribution in [3.8, 4) is 0 Å². The highest BCUT2D eigenvalue weighted by Crippen LogP contribution is 2.14. The molecule has 82 valence electrons. The lowest BCUT2D eigenvalue weighted by atomic mass is 9.93. The van der Waals surface area contributed by atoms with Crippen molar-refractivity contribution in [2.24, 2.45) is 5.41 Å². The lowest BCUT2D eigenvalue weighted by Gasteiger charge is -2.17. The number of amides is 1. The van der Waals surface area contributed by atoms with Crippen LogP contribution in [0.4, 0.5) is 0 Å². The lowest BCUT2D eigenvalue weighted by molar-refractivity contribution is -0.153. The number of carbonyl (C=O) groups excluding carboxylic acids is 1. The van der Waals surface area contributed by atoms with Gasteiger partial charge in [0.15, 0.2) is 5.82 Å². The summed E-state index contributed by atoms with van der Waals surface area (Å²) in [6.07, 6.45) is 1.13. The third-order valence-electron chi connectivity index (χ3n) is 1.92. The zero-order chi connectivity index (χ0) is 11.5. The van der Waals surface area contributed by atoms with Gasteiger partial charge in [-0.1, -0.05) is 5.16 Å². The molecule has 0 aromatic carbocycles. The first-order valence-electron chi connectivity index (χ1n) is 4.21. The summed E-state index contributed by atoms with van der Waals surface area (Å²) in [7, 11) is 0. The van der Waals surface area contributed by atoms with E-state index in [2.05, 4.69) is 20.0 Å². The Hall–Kier alpha value is -1.92. The quantitative estimate of drug-likeness (QED) is 0.671. The van der Waals surface area contributed by atoms with Crippen molar-refractivity contribution in [1.29, 1.82) is 0 Å². The predicted molar refractivity (Wildman–Crippen MR) is 47.6 cm³/mol. The lowest BCUT2D eigenvalue weighted by Crippen LogP contribution is -2.42. The van der Waals surface area contributed by atoms with Crippen LogP contribution in [0.5, 0.6) is 0 Å². The molecule has 0 fully saturated rings. The molecule has 1 amide bonds. The minimum Gasteiger partial charge on any atom is -0.480 e. The summed E-state index contributed by atoms with van der Waals surface area (Å²) >= 11 is 0. The van der Waals surface area contributed by atoms with Gasteiger partial charge in [0.05, 0.1) is 6.54 Å². The first-order chi connectivity index (χ1) is 6.94. The number of carboxylic acids is 1. The Bertz CT molecular complexity index is 358. The van der Waals surface area contributed by atoms with Gasteiger partial charge in [0, 0.05) is 0 Å². The van der Waals surface area contributed by atoms with Crippen LogP contribution in [0.25, 0.3) is 0 Å². The van der Waals surface area contributed by atoms with E-state index in [0.29, 0.717) is 5.82 Å². The van der Waals surface area contributed by atoms with Crippen molar-refractivity contribution in [3.05, 3.63) is 12.2 Å². The predicted octanol–water partition coefficient (Wildman–Crippen LogP) is -0.203. The molecule has 0 spiro atoms. The van der Waals surface area contributed by atoms with Gasteiger partial charge in [-0.2, -0.15) is 4.98 Å². The standard InChI is InChI=1S/C8H11N3O4/c1-8(2,7(13)14)6(12)9-3-5-10-4-15-11-5/h4H,3H2,1-2H3,(H,9,12)(H,13,14). The van der Waals surface area contributed by atoms with Crippen LogP contribution in [0.2, 0.25) is 0 Å². The van der Waals surface area contributed by atoms with Gasteiger partial charge in [-0.15, -0.1) is 0 Å². The Balaban J connectivity index is 2.53. The Labute approximate surface area is 85.5 Å². The summed E-state index contributed by atoms with van der Waals surface area (Å²) in [5, 5.41) is 14.6. The minimum absolute atomic E-state index is 0.0477. The molecule has 1 rings (SSSR count). The average Bonchev–Trinajstić information content (AvgIpc) is 2.66. The molecule has 0 aliphatic carbocycles. The van der Waals surface area contributed by atoms with Crippen LogP contribution in [0, 0.1) is 5.41 Å². The number of nitrogens with zero attached hydrogens (tertiary/aromatic N) is 2. The first kappa shape index (κ1) is 11.2. The van der Waals surface area contributed by atoms with E-state index in [-0.39, 0.29) is 6.54 Å². The summed E-state index contributed by atoms with van der Waals surface area (Å²) < 4.78 is 4.45. The monoisotopic (exact) mass is 213 g/mol. The molecular weight excluding hydrogens is 202 g/mol. The number of nitrogens with one attached hydrogen (secondary N) is 1. The maximum Gasteiger partial charge on any atom is 0.318 e. The molecule has 7 heteroatoms. The number of carboxylic acid groups (broad SMARTS) is 1. The van der Waals surface area contributed by atoms with E-state index in [9.17, 15) is 9.59 Å². The minimum atomic E-state index is -1.47. The van der Waals surface area contributed by atoms with Gasteiger partial charge in [0.25, 0.3) is 0 Å². The maximum absolute atomic E-state index is 11.4. The molecule has 0 atom stereocenters. The number of aliphatic carboxylic acids is 1. The van der Waals surface area contributed by atoms with Crippen molar-refractivity contribution in [2.45, 2.75) is 20.4 Å². The van der Waals surface area contributed by atoms with Gasteiger partial charge >= 0.3 is 5.97 Å². The summed E-state index contributed by atoms with van der Waals surface area (Å²) in [5.74, 6) is -1.49. The van der Waals surface area contributed by atoms with Crippen LogP contribution in [-0.4, -0.2) is 27.1 Å². The van der Waals surface area contributed by atoms with Gasteiger partial charge < -0.3 is 14.9 Å². The molecule has 0 aliphatic rings. The van der Waals surface area contributed by atoms with Gasteiger partial charge in [0.1, 0.15) is 5.41 Å². The molecular formula is C8H11N3O4. The van der Waals surface area contributed by atoms with Crippen molar-refractivity contribution in [1.82, 2.24) is 15.5 Å². The zero-order valence-corrected chi connectivity index (χ0v) is 8.35. The fraction of sp³-hybridized carbons (Fsp3) is 0.500. The van der Waals surface area contributed by atoms with Crippen LogP contribution >= 0.6 is 0 Å². The summed E-state index contributed by atoms with van der Waals surface area (Å²) in [6, 6.07) is 0. The number of hydrogen-bond donors (Lipinski definition) is 2. The molecule has 0 unspecified atom stereocenters. The normalized spacial score (nSPS) is 11.1. The van der Waals surface area contributed by atoms with E-state index >= 15 is 0 Å². The highest BCUT2D eigenvalue weighted by atomic mass is 16.5. The molecule has 0 saturated carbocycles. The third-order valence-corrected chi connectivity index (χ3v) is 1.92.